The highest BCUT2D eigenvalue weighted by Gasteiger charge is 1.89. The highest BCUT2D eigenvalue weighted by atomic mass is 16.5. The lowest BCUT2D eigenvalue weighted by atomic mass is 10.2. The molecule has 2 nitrogen and oxygen atoms in total. The van der Waals surface area contributed by atoms with Crippen LogP contribution in [0, 0.1) is 11.8 Å². The molecule has 1 N–H and O–H groups in total. The van der Waals surface area contributed by atoms with Crippen LogP contribution in [0.3, 0.4) is 0 Å². The van der Waals surface area contributed by atoms with Crippen molar-refractivity contribution in [3.05, 3.63) is 29.8 Å². The number of hydrogen-bond acceptors (Lipinski definition) is 2. The summed E-state index contributed by atoms with van der Waals surface area (Å²) in [4.78, 5) is 0. The quantitative estimate of drug-likeness (QED) is 0.582. The molecule has 0 aromatic heterocycles. The molecule has 0 heterocycles. The molecule has 0 unspecified atom stereocenters. The van der Waals surface area contributed by atoms with Gasteiger partial charge in [-0.1, -0.05) is 11.8 Å². The second-order valence-electron chi connectivity index (χ2n) is 2.86. The van der Waals surface area contributed by atoms with Crippen LogP contribution in [0.25, 0.3) is 0 Å². The standard InChI is InChI=1S/C12H14O2/c1-14-12-8-6-11(7-9-12)5-3-2-4-10-13/h6-9,13H,2,4,10H2,1H3. The lowest BCUT2D eigenvalue weighted by molar-refractivity contribution is 0.290. The molecule has 0 fully saturated rings. The van der Waals surface area contributed by atoms with Crippen LogP contribution in [-0.2, 0) is 0 Å². The van der Waals surface area contributed by atoms with Crippen molar-refractivity contribution in [2.75, 3.05) is 13.7 Å². The van der Waals surface area contributed by atoms with Gasteiger partial charge in [-0.05, 0) is 30.7 Å². The summed E-state index contributed by atoms with van der Waals surface area (Å²) in [5, 5.41) is 8.55. The fraction of sp³-hybridized carbons (Fsp3) is 0.333. The van der Waals surface area contributed by atoms with Gasteiger partial charge in [-0.2, -0.15) is 0 Å². The van der Waals surface area contributed by atoms with Crippen LogP contribution in [0.5, 0.6) is 5.75 Å². The predicted molar refractivity (Wildman–Crippen MR) is 56.2 cm³/mol. The van der Waals surface area contributed by atoms with E-state index in [1.807, 2.05) is 24.3 Å². The Labute approximate surface area is 84.5 Å². The molecule has 2 heteroatoms. The molecule has 0 amide bonds. The lowest BCUT2D eigenvalue weighted by Crippen LogP contribution is -1.82. The molecule has 74 valence electrons. The Bertz CT molecular complexity index is 316. The third-order valence-electron chi connectivity index (χ3n) is 1.78. The molecule has 1 rings (SSSR count). The van der Waals surface area contributed by atoms with E-state index < -0.39 is 0 Å². The van der Waals surface area contributed by atoms with E-state index >= 15 is 0 Å². The first kappa shape index (κ1) is 10.6. The van der Waals surface area contributed by atoms with Crippen molar-refractivity contribution in [1.82, 2.24) is 0 Å². The summed E-state index contributed by atoms with van der Waals surface area (Å²) in [6.45, 7) is 0.206. The van der Waals surface area contributed by atoms with Crippen LogP contribution in [0.2, 0.25) is 0 Å². The molecule has 0 saturated carbocycles. The van der Waals surface area contributed by atoms with Gasteiger partial charge in [0, 0.05) is 18.6 Å². The van der Waals surface area contributed by atoms with Crippen molar-refractivity contribution in [3.8, 4) is 17.6 Å². The zero-order chi connectivity index (χ0) is 10.2. The summed E-state index contributed by atoms with van der Waals surface area (Å²) in [7, 11) is 1.64. The number of methoxy groups -OCH3 is 1. The predicted octanol–water partition coefficient (Wildman–Crippen LogP) is 1.82. The third-order valence-corrected chi connectivity index (χ3v) is 1.78. The average molecular weight is 190 g/mol. The Kier molecular flexibility index (Phi) is 4.60. The largest absolute Gasteiger partial charge is 0.497 e. The Hall–Kier alpha value is -1.46. The minimum absolute atomic E-state index is 0.206. The van der Waals surface area contributed by atoms with Crippen LogP contribution >= 0.6 is 0 Å². The SMILES string of the molecule is COc1ccc(C#CCCCO)cc1. The van der Waals surface area contributed by atoms with E-state index in [0.29, 0.717) is 0 Å². The normalized spacial score (nSPS) is 9.00. The van der Waals surface area contributed by atoms with Gasteiger partial charge >= 0.3 is 0 Å². The van der Waals surface area contributed by atoms with Crippen LogP contribution in [0.15, 0.2) is 24.3 Å². The Morgan fingerprint density at radius 3 is 2.57 bits per heavy atom. The molecule has 0 aliphatic heterocycles. The van der Waals surface area contributed by atoms with Crippen molar-refractivity contribution in [1.29, 1.82) is 0 Å². The van der Waals surface area contributed by atoms with E-state index in [1.165, 1.54) is 0 Å². The summed E-state index contributed by atoms with van der Waals surface area (Å²) in [5.74, 6) is 6.84. The van der Waals surface area contributed by atoms with Gasteiger partial charge in [-0.15, -0.1) is 0 Å². The van der Waals surface area contributed by atoms with Gasteiger partial charge in [-0.3, -0.25) is 0 Å². The third kappa shape index (κ3) is 3.51. The minimum Gasteiger partial charge on any atom is -0.497 e. The van der Waals surface area contributed by atoms with Gasteiger partial charge in [0.15, 0.2) is 0 Å². The molecule has 14 heavy (non-hydrogen) atoms. The Balaban J connectivity index is 2.53. The molecule has 0 spiro atoms. The summed E-state index contributed by atoms with van der Waals surface area (Å²) in [6.07, 6.45) is 1.48. The van der Waals surface area contributed by atoms with Gasteiger partial charge in [0.05, 0.1) is 7.11 Å². The summed E-state index contributed by atoms with van der Waals surface area (Å²) in [5.41, 5.74) is 0.976. The second kappa shape index (κ2) is 6.06. The molecule has 0 bridgehead atoms. The van der Waals surface area contributed by atoms with Crippen LogP contribution < -0.4 is 4.74 Å². The van der Waals surface area contributed by atoms with Crippen molar-refractivity contribution in [2.45, 2.75) is 12.8 Å². The maximum atomic E-state index is 8.55. The number of hydrogen-bond donors (Lipinski definition) is 1. The van der Waals surface area contributed by atoms with E-state index in [-0.39, 0.29) is 6.61 Å². The van der Waals surface area contributed by atoms with E-state index in [4.69, 9.17) is 9.84 Å². The van der Waals surface area contributed by atoms with Gasteiger partial charge < -0.3 is 9.84 Å². The fourth-order valence-electron chi connectivity index (χ4n) is 1.01. The number of ether oxygens (including phenoxy) is 1. The minimum atomic E-state index is 0.206. The number of aliphatic hydroxyl groups excluding tert-OH is 1. The highest BCUT2D eigenvalue weighted by molar-refractivity contribution is 5.38. The zero-order valence-electron chi connectivity index (χ0n) is 8.29. The number of aliphatic hydroxyl groups is 1. The maximum absolute atomic E-state index is 8.55. The van der Waals surface area contributed by atoms with E-state index in [9.17, 15) is 0 Å². The monoisotopic (exact) mass is 190 g/mol. The first-order valence-corrected chi connectivity index (χ1v) is 4.60. The van der Waals surface area contributed by atoms with Gasteiger partial charge in [-0.25, -0.2) is 0 Å². The average Bonchev–Trinajstić information content (AvgIpc) is 2.25. The first-order valence-electron chi connectivity index (χ1n) is 4.60. The number of benzene rings is 1. The van der Waals surface area contributed by atoms with E-state index in [0.717, 1.165) is 24.2 Å². The molecule has 0 aliphatic carbocycles. The smallest absolute Gasteiger partial charge is 0.118 e. The zero-order valence-corrected chi connectivity index (χ0v) is 8.29. The van der Waals surface area contributed by atoms with E-state index in [2.05, 4.69) is 11.8 Å². The second-order valence-corrected chi connectivity index (χ2v) is 2.86. The Morgan fingerprint density at radius 2 is 2.00 bits per heavy atom. The molecule has 0 aliphatic rings. The summed E-state index contributed by atoms with van der Waals surface area (Å²) in [6, 6.07) is 7.61. The fourth-order valence-corrected chi connectivity index (χ4v) is 1.01. The molecule has 1 aromatic carbocycles. The van der Waals surface area contributed by atoms with Crippen molar-refractivity contribution in [3.63, 3.8) is 0 Å². The van der Waals surface area contributed by atoms with Crippen molar-refractivity contribution < 1.29 is 9.84 Å². The summed E-state index contributed by atoms with van der Waals surface area (Å²) >= 11 is 0. The van der Waals surface area contributed by atoms with Gasteiger partial charge in [0.1, 0.15) is 5.75 Å². The molecule has 0 atom stereocenters. The summed E-state index contributed by atoms with van der Waals surface area (Å²) < 4.78 is 5.03. The van der Waals surface area contributed by atoms with Crippen LogP contribution in [0.4, 0.5) is 0 Å². The van der Waals surface area contributed by atoms with E-state index in [1.54, 1.807) is 7.11 Å². The number of unbranched alkanes of at least 4 members (excludes halogenated alkanes) is 1. The topological polar surface area (TPSA) is 29.5 Å². The molecule has 1 aromatic rings. The molecule has 0 radical (unpaired) electrons. The molecular formula is C12H14O2. The van der Waals surface area contributed by atoms with Crippen molar-refractivity contribution >= 4 is 0 Å². The van der Waals surface area contributed by atoms with Crippen LogP contribution in [-0.4, -0.2) is 18.8 Å². The number of rotatable bonds is 3. The lowest BCUT2D eigenvalue weighted by Gasteiger charge is -1.97. The van der Waals surface area contributed by atoms with Gasteiger partial charge in [0.25, 0.3) is 0 Å². The highest BCUT2D eigenvalue weighted by Crippen LogP contribution is 2.10. The first-order chi connectivity index (χ1) is 6.86. The van der Waals surface area contributed by atoms with Crippen LogP contribution in [0.1, 0.15) is 18.4 Å². The van der Waals surface area contributed by atoms with Gasteiger partial charge in [0.2, 0.25) is 0 Å². The molecular weight excluding hydrogens is 176 g/mol. The molecule has 0 saturated heterocycles. The Morgan fingerprint density at radius 1 is 1.29 bits per heavy atom. The maximum Gasteiger partial charge on any atom is 0.118 e. The van der Waals surface area contributed by atoms with Crippen molar-refractivity contribution in [2.24, 2.45) is 0 Å².